The summed E-state index contributed by atoms with van der Waals surface area (Å²) in [5.41, 5.74) is 7.37. The van der Waals surface area contributed by atoms with Crippen LogP contribution in [0.1, 0.15) is 23.7 Å². The fourth-order valence-electron chi connectivity index (χ4n) is 6.24. The Morgan fingerprint density at radius 3 is 2.24 bits per heavy atom. The van der Waals surface area contributed by atoms with Crippen LogP contribution in [0.4, 0.5) is 0 Å². The Bertz CT molecular complexity index is 2380. The first-order valence-electron chi connectivity index (χ1n) is 14.2. The van der Waals surface area contributed by atoms with E-state index in [0.717, 1.165) is 55.3 Å². The van der Waals surface area contributed by atoms with Crippen molar-refractivity contribution < 1.29 is 4.42 Å². The first kappa shape index (κ1) is 24.7. The topological polar surface area (TPSA) is 18.1 Å². The number of para-hydroxylation sites is 1. The highest BCUT2D eigenvalue weighted by Crippen LogP contribution is 2.36. The van der Waals surface area contributed by atoms with E-state index in [1.807, 2.05) is 18.2 Å². The molecule has 3 heteroatoms. The fraction of sp³-hybridized carbons (Fsp3) is 0.0256. The SMILES string of the molecule is C/C=C\c1c(/C=C/c2ccc3oc4ccccc4c3c2)c2ccc(Cl)cc2n1-c1ccc2ccc3ccccc3c2c1. The molecule has 0 atom stereocenters. The minimum atomic E-state index is 0.715. The van der Waals surface area contributed by atoms with Crippen molar-refractivity contribution in [2.45, 2.75) is 6.92 Å². The zero-order chi connectivity index (χ0) is 28.2. The molecule has 0 aliphatic carbocycles. The standard InChI is InChI=1S/C39H26ClNO/c1-2-7-36-31(19-12-25-13-21-39-35(22-25)33-10-5-6-11-38(33)42-39)32-20-17-28(40)23-37(32)41(36)29-18-16-27-15-14-26-8-3-4-9-30(26)34(27)24-29/h2-24H,1H3/b7-2-,19-12+. The van der Waals surface area contributed by atoms with Crippen molar-refractivity contribution in [3.05, 3.63) is 143 Å². The molecule has 0 spiro atoms. The van der Waals surface area contributed by atoms with Gasteiger partial charge in [-0.25, -0.2) is 0 Å². The molecular formula is C39H26ClNO. The maximum Gasteiger partial charge on any atom is 0.135 e. The van der Waals surface area contributed by atoms with Gasteiger partial charge in [0.1, 0.15) is 11.2 Å². The molecule has 2 aromatic heterocycles. The van der Waals surface area contributed by atoms with Crippen LogP contribution in [0.3, 0.4) is 0 Å². The van der Waals surface area contributed by atoms with Crippen LogP contribution < -0.4 is 0 Å². The highest BCUT2D eigenvalue weighted by Gasteiger charge is 2.17. The van der Waals surface area contributed by atoms with Gasteiger partial charge in [0.05, 0.1) is 11.2 Å². The predicted octanol–water partition coefficient (Wildman–Crippen LogP) is 11.7. The molecule has 0 fully saturated rings. The van der Waals surface area contributed by atoms with Crippen molar-refractivity contribution in [3.8, 4) is 5.69 Å². The third-order valence-electron chi connectivity index (χ3n) is 8.16. The fourth-order valence-corrected chi connectivity index (χ4v) is 6.40. The van der Waals surface area contributed by atoms with E-state index in [2.05, 4.69) is 133 Å². The van der Waals surface area contributed by atoms with Crippen LogP contribution in [0, 0.1) is 0 Å². The first-order valence-corrected chi connectivity index (χ1v) is 14.5. The Kier molecular flexibility index (Phi) is 5.77. The first-order chi connectivity index (χ1) is 20.7. The zero-order valence-electron chi connectivity index (χ0n) is 23.0. The molecule has 2 heterocycles. The molecular weight excluding hydrogens is 534 g/mol. The number of fused-ring (bicyclic) bond motifs is 7. The lowest BCUT2D eigenvalue weighted by molar-refractivity contribution is 0.669. The minimum absolute atomic E-state index is 0.715. The molecule has 8 rings (SSSR count). The van der Waals surface area contributed by atoms with Gasteiger partial charge in [-0.3, -0.25) is 0 Å². The number of hydrogen-bond donors (Lipinski definition) is 0. The lowest BCUT2D eigenvalue weighted by atomic mass is 10.0. The quantitative estimate of drug-likeness (QED) is 0.196. The van der Waals surface area contributed by atoms with Gasteiger partial charge in [-0.15, -0.1) is 0 Å². The summed E-state index contributed by atoms with van der Waals surface area (Å²) < 4.78 is 8.38. The van der Waals surface area contributed by atoms with Crippen molar-refractivity contribution in [1.82, 2.24) is 4.57 Å². The van der Waals surface area contributed by atoms with E-state index >= 15 is 0 Å². The number of halogens is 1. The Morgan fingerprint density at radius 2 is 1.36 bits per heavy atom. The summed E-state index contributed by atoms with van der Waals surface area (Å²) in [6.07, 6.45) is 8.70. The molecule has 0 bridgehead atoms. The number of aromatic nitrogens is 1. The van der Waals surface area contributed by atoms with Crippen LogP contribution in [0.25, 0.3) is 78.3 Å². The summed E-state index contributed by atoms with van der Waals surface area (Å²) >= 11 is 6.60. The predicted molar refractivity (Wildman–Crippen MR) is 181 cm³/mol. The number of allylic oxidation sites excluding steroid dienone is 1. The van der Waals surface area contributed by atoms with Crippen molar-refractivity contribution in [2.75, 3.05) is 0 Å². The van der Waals surface area contributed by atoms with Crippen molar-refractivity contribution in [3.63, 3.8) is 0 Å². The number of benzene rings is 6. The normalized spacial score (nSPS) is 12.3. The molecule has 0 aliphatic rings. The van der Waals surface area contributed by atoms with Gasteiger partial charge in [0.15, 0.2) is 0 Å². The van der Waals surface area contributed by atoms with Crippen LogP contribution in [-0.2, 0) is 0 Å². The molecule has 2 nitrogen and oxygen atoms in total. The van der Waals surface area contributed by atoms with E-state index in [0.29, 0.717) is 5.02 Å². The molecule has 0 saturated carbocycles. The summed E-state index contributed by atoms with van der Waals surface area (Å²) in [6, 6.07) is 40.4. The molecule has 0 amide bonds. The summed E-state index contributed by atoms with van der Waals surface area (Å²) in [4.78, 5) is 0. The Balaban J connectivity index is 1.34. The Morgan fingerprint density at radius 1 is 0.595 bits per heavy atom. The molecule has 0 saturated heterocycles. The third-order valence-corrected chi connectivity index (χ3v) is 8.40. The van der Waals surface area contributed by atoms with Gasteiger partial charge >= 0.3 is 0 Å². The van der Waals surface area contributed by atoms with Gasteiger partial charge in [0.25, 0.3) is 0 Å². The highest BCUT2D eigenvalue weighted by molar-refractivity contribution is 6.31. The van der Waals surface area contributed by atoms with E-state index in [9.17, 15) is 0 Å². The van der Waals surface area contributed by atoms with Gasteiger partial charge in [-0.2, -0.15) is 0 Å². The van der Waals surface area contributed by atoms with Gasteiger partial charge in [0, 0.05) is 32.4 Å². The van der Waals surface area contributed by atoms with E-state index in [-0.39, 0.29) is 0 Å². The maximum absolute atomic E-state index is 6.60. The monoisotopic (exact) mass is 559 g/mol. The third kappa shape index (κ3) is 3.95. The molecule has 0 radical (unpaired) electrons. The van der Waals surface area contributed by atoms with Crippen molar-refractivity contribution >= 4 is 84.2 Å². The minimum Gasteiger partial charge on any atom is -0.456 e. The van der Waals surface area contributed by atoms with Gasteiger partial charge in [-0.05, 0) is 82.6 Å². The highest BCUT2D eigenvalue weighted by atomic mass is 35.5. The van der Waals surface area contributed by atoms with Crippen LogP contribution in [-0.4, -0.2) is 4.57 Å². The average Bonchev–Trinajstić information content (AvgIpc) is 3.54. The molecule has 200 valence electrons. The van der Waals surface area contributed by atoms with E-state index < -0.39 is 0 Å². The summed E-state index contributed by atoms with van der Waals surface area (Å²) in [7, 11) is 0. The Labute approximate surface area is 248 Å². The van der Waals surface area contributed by atoms with Crippen LogP contribution in [0.15, 0.2) is 126 Å². The second-order valence-electron chi connectivity index (χ2n) is 10.7. The molecule has 6 aromatic carbocycles. The van der Waals surface area contributed by atoms with Crippen molar-refractivity contribution in [2.24, 2.45) is 0 Å². The van der Waals surface area contributed by atoms with E-state index in [4.69, 9.17) is 16.0 Å². The smallest absolute Gasteiger partial charge is 0.135 e. The number of nitrogens with zero attached hydrogens (tertiary/aromatic N) is 1. The molecule has 0 unspecified atom stereocenters. The molecule has 0 aliphatic heterocycles. The van der Waals surface area contributed by atoms with Crippen LogP contribution in [0.2, 0.25) is 5.02 Å². The summed E-state index contributed by atoms with van der Waals surface area (Å²) in [6.45, 7) is 2.06. The number of hydrogen-bond acceptors (Lipinski definition) is 1. The number of furan rings is 1. The van der Waals surface area contributed by atoms with E-state index in [1.165, 1.54) is 21.5 Å². The summed E-state index contributed by atoms with van der Waals surface area (Å²) in [5, 5.41) is 9.07. The average molecular weight is 560 g/mol. The lowest BCUT2D eigenvalue weighted by Gasteiger charge is -2.12. The van der Waals surface area contributed by atoms with Crippen LogP contribution >= 0.6 is 11.6 Å². The number of rotatable bonds is 4. The Hall–Kier alpha value is -5.05. The zero-order valence-corrected chi connectivity index (χ0v) is 23.8. The largest absolute Gasteiger partial charge is 0.456 e. The van der Waals surface area contributed by atoms with E-state index in [1.54, 1.807) is 0 Å². The molecule has 0 N–H and O–H groups in total. The van der Waals surface area contributed by atoms with Gasteiger partial charge in [-0.1, -0.05) is 103 Å². The molecule has 42 heavy (non-hydrogen) atoms. The second kappa shape index (κ2) is 9.80. The summed E-state index contributed by atoms with van der Waals surface area (Å²) in [5.74, 6) is 0. The maximum atomic E-state index is 6.60. The van der Waals surface area contributed by atoms with Gasteiger partial charge in [0.2, 0.25) is 0 Å². The van der Waals surface area contributed by atoms with Crippen LogP contribution in [0.5, 0.6) is 0 Å². The lowest BCUT2D eigenvalue weighted by Crippen LogP contribution is -1.97. The second-order valence-corrected chi connectivity index (χ2v) is 11.1. The van der Waals surface area contributed by atoms with Gasteiger partial charge < -0.3 is 8.98 Å². The van der Waals surface area contributed by atoms with Crippen molar-refractivity contribution in [1.29, 1.82) is 0 Å². The molecule has 8 aromatic rings.